The molecular weight excluding hydrogens is 394 g/mol. The summed E-state index contributed by atoms with van der Waals surface area (Å²) in [5.41, 5.74) is 1.91. The Kier molecular flexibility index (Phi) is 4.78. The Hall–Kier alpha value is -2.91. The highest BCUT2D eigenvalue weighted by atomic mass is 32.2. The highest BCUT2D eigenvalue weighted by molar-refractivity contribution is 7.99. The minimum atomic E-state index is -3.77. The lowest BCUT2D eigenvalue weighted by Crippen LogP contribution is -2.13. The smallest absolute Gasteiger partial charge is 0.264 e. The van der Waals surface area contributed by atoms with Crippen LogP contribution in [0.3, 0.4) is 0 Å². The Labute approximate surface area is 166 Å². The zero-order valence-corrected chi connectivity index (χ0v) is 16.8. The molecule has 142 valence electrons. The monoisotopic (exact) mass is 411 g/mol. The Morgan fingerprint density at radius 2 is 1.89 bits per heavy atom. The summed E-state index contributed by atoms with van der Waals surface area (Å²) >= 11 is 1.45. The molecule has 0 bridgehead atoms. The Bertz CT molecular complexity index is 1250. The maximum atomic E-state index is 12.9. The molecule has 28 heavy (non-hydrogen) atoms. The first-order chi connectivity index (χ1) is 13.4. The van der Waals surface area contributed by atoms with Crippen LogP contribution in [0.1, 0.15) is 5.56 Å². The lowest BCUT2D eigenvalue weighted by Gasteiger charge is -2.11. The van der Waals surface area contributed by atoms with Crippen LogP contribution >= 0.6 is 11.8 Å². The molecule has 0 atom stereocenters. The van der Waals surface area contributed by atoms with Crippen molar-refractivity contribution in [2.75, 3.05) is 4.72 Å². The van der Waals surface area contributed by atoms with Gasteiger partial charge >= 0.3 is 0 Å². The van der Waals surface area contributed by atoms with Crippen molar-refractivity contribution in [3.63, 3.8) is 0 Å². The summed E-state index contributed by atoms with van der Waals surface area (Å²) in [5.74, 6) is 0. The maximum Gasteiger partial charge on any atom is 0.264 e. The fourth-order valence-corrected chi connectivity index (χ4v) is 4.73. The topological polar surface area (TPSA) is 89.8 Å². The molecular formula is C19H17N5O2S2. The number of hydrogen-bond donors (Lipinski definition) is 1. The van der Waals surface area contributed by atoms with E-state index in [1.165, 1.54) is 11.8 Å². The van der Waals surface area contributed by atoms with E-state index in [1.807, 2.05) is 42.8 Å². The molecule has 0 saturated carbocycles. The van der Waals surface area contributed by atoms with Gasteiger partial charge in [-0.3, -0.25) is 9.71 Å². The van der Waals surface area contributed by atoms with E-state index in [4.69, 9.17) is 0 Å². The summed E-state index contributed by atoms with van der Waals surface area (Å²) in [5, 5.41) is 9.41. The third kappa shape index (κ3) is 3.71. The molecule has 0 amide bonds. The quantitative estimate of drug-likeness (QED) is 0.539. The molecule has 0 radical (unpaired) electrons. The van der Waals surface area contributed by atoms with Gasteiger partial charge in [0.05, 0.1) is 5.52 Å². The van der Waals surface area contributed by atoms with Gasteiger partial charge in [-0.25, -0.2) is 8.42 Å². The van der Waals surface area contributed by atoms with E-state index in [0.717, 1.165) is 21.0 Å². The van der Waals surface area contributed by atoms with Crippen molar-refractivity contribution in [1.29, 1.82) is 0 Å². The summed E-state index contributed by atoms with van der Waals surface area (Å²) in [6.45, 7) is 1.92. The number of hydrogen-bond acceptors (Lipinski definition) is 6. The van der Waals surface area contributed by atoms with Crippen LogP contribution in [-0.2, 0) is 17.1 Å². The van der Waals surface area contributed by atoms with E-state index in [9.17, 15) is 8.42 Å². The molecule has 9 heteroatoms. The van der Waals surface area contributed by atoms with Gasteiger partial charge in [0.2, 0.25) is 0 Å². The van der Waals surface area contributed by atoms with Crippen LogP contribution in [-0.4, -0.2) is 28.2 Å². The van der Waals surface area contributed by atoms with Crippen LogP contribution in [0, 0.1) is 6.92 Å². The van der Waals surface area contributed by atoms with Crippen molar-refractivity contribution in [2.24, 2.45) is 7.05 Å². The number of pyridine rings is 1. The van der Waals surface area contributed by atoms with Crippen LogP contribution in [0.4, 0.5) is 5.69 Å². The van der Waals surface area contributed by atoms with Gasteiger partial charge in [0.1, 0.15) is 11.2 Å². The molecule has 0 fully saturated rings. The molecule has 0 aliphatic carbocycles. The van der Waals surface area contributed by atoms with Gasteiger partial charge in [-0.1, -0.05) is 12.1 Å². The van der Waals surface area contributed by atoms with E-state index >= 15 is 0 Å². The van der Waals surface area contributed by atoms with E-state index in [-0.39, 0.29) is 4.90 Å². The van der Waals surface area contributed by atoms with Gasteiger partial charge in [0.15, 0.2) is 5.16 Å². The van der Waals surface area contributed by atoms with Gasteiger partial charge in [-0.2, -0.15) is 0 Å². The van der Waals surface area contributed by atoms with Gasteiger partial charge < -0.3 is 4.57 Å². The summed E-state index contributed by atoms with van der Waals surface area (Å²) in [6.07, 6.45) is 3.30. The number of para-hydroxylation sites is 1. The van der Waals surface area contributed by atoms with Crippen LogP contribution in [0.25, 0.3) is 10.9 Å². The van der Waals surface area contributed by atoms with Gasteiger partial charge in [-0.15, -0.1) is 10.2 Å². The van der Waals surface area contributed by atoms with Crippen molar-refractivity contribution in [3.8, 4) is 0 Å². The third-order valence-corrected chi connectivity index (χ3v) is 6.56. The molecule has 0 spiro atoms. The zero-order valence-electron chi connectivity index (χ0n) is 15.2. The summed E-state index contributed by atoms with van der Waals surface area (Å²) in [4.78, 5) is 5.40. The third-order valence-electron chi connectivity index (χ3n) is 4.09. The second-order valence-electron chi connectivity index (χ2n) is 6.30. The van der Waals surface area contributed by atoms with Crippen LogP contribution in [0.15, 0.2) is 76.0 Å². The molecule has 0 unspecified atom stereocenters. The fourth-order valence-electron chi connectivity index (χ4n) is 2.73. The van der Waals surface area contributed by atoms with Crippen LogP contribution < -0.4 is 4.72 Å². The highest BCUT2D eigenvalue weighted by Gasteiger charge is 2.18. The van der Waals surface area contributed by atoms with Crippen molar-refractivity contribution in [2.45, 2.75) is 21.9 Å². The first-order valence-electron chi connectivity index (χ1n) is 8.42. The number of aryl methyl sites for hydroxylation is 2. The first kappa shape index (κ1) is 18.5. The Balaban J connectivity index is 1.59. The minimum Gasteiger partial charge on any atom is -0.311 e. The predicted octanol–water partition coefficient (Wildman–Crippen LogP) is 3.62. The molecule has 4 aromatic rings. The normalized spacial score (nSPS) is 11.6. The van der Waals surface area contributed by atoms with E-state index in [1.54, 1.807) is 36.8 Å². The molecule has 7 nitrogen and oxygen atoms in total. The Morgan fingerprint density at radius 3 is 2.61 bits per heavy atom. The number of benzene rings is 2. The van der Waals surface area contributed by atoms with Crippen molar-refractivity contribution >= 4 is 38.4 Å². The fraction of sp³-hybridized carbons (Fsp3) is 0.105. The first-order valence-corrected chi connectivity index (χ1v) is 10.7. The van der Waals surface area contributed by atoms with Gasteiger partial charge in [0.25, 0.3) is 10.0 Å². The average Bonchev–Trinajstić information content (AvgIpc) is 3.07. The second kappa shape index (κ2) is 7.25. The minimum absolute atomic E-state index is 0.155. The molecule has 0 aliphatic heterocycles. The molecule has 4 rings (SSSR count). The lowest BCUT2D eigenvalue weighted by molar-refractivity contribution is 0.602. The Morgan fingerprint density at radius 1 is 1.11 bits per heavy atom. The van der Waals surface area contributed by atoms with E-state index in [2.05, 4.69) is 19.9 Å². The molecule has 2 heterocycles. The number of nitrogens with one attached hydrogen (secondary N) is 1. The second-order valence-corrected chi connectivity index (χ2v) is 8.99. The number of sulfonamides is 1. The maximum absolute atomic E-state index is 12.9. The number of nitrogens with zero attached hydrogens (tertiary/aromatic N) is 4. The number of aromatic nitrogens is 4. The molecule has 0 saturated heterocycles. The van der Waals surface area contributed by atoms with Crippen molar-refractivity contribution in [3.05, 3.63) is 66.6 Å². The lowest BCUT2D eigenvalue weighted by atomic mass is 10.2. The van der Waals surface area contributed by atoms with Gasteiger partial charge in [0, 0.05) is 29.2 Å². The summed E-state index contributed by atoms with van der Waals surface area (Å²) < 4.78 is 30.3. The summed E-state index contributed by atoms with van der Waals surface area (Å²) in [6, 6.07) is 14.2. The molecule has 2 aromatic carbocycles. The van der Waals surface area contributed by atoms with E-state index < -0.39 is 10.0 Å². The summed E-state index contributed by atoms with van der Waals surface area (Å²) in [7, 11) is -1.90. The van der Waals surface area contributed by atoms with E-state index in [0.29, 0.717) is 11.2 Å². The van der Waals surface area contributed by atoms with Crippen LogP contribution in [0.2, 0.25) is 0 Å². The van der Waals surface area contributed by atoms with Crippen LogP contribution in [0.5, 0.6) is 0 Å². The number of fused-ring (bicyclic) bond motifs is 1. The number of anilines is 1. The highest BCUT2D eigenvalue weighted by Crippen LogP contribution is 2.28. The molecule has 1 N–H and O–H groups in total. The zero-order chi connectivity index (χ0) is 19.7. The molecule has 0 aliphatic rings. The predicted molar refractivity (Wildman–Crippen MR) is 109 cm³/mol. The van der Waals surface area contributed by atoms with Crippen molar-refractivity contribution in [1.82, 2.24) is 19.7 Å². The largest absolute Gasteiger partial charge is 0.311 e. The number of rotatable bonds is 5. The standard InChI is InChI=1S/C19H17N5O2S2/c1-13-10-14-4-3-5-17(18(14)20-11-13)28(25,26)23-15-6-8-16(9-7-15)27-19-22-21-12-24(19)2/h3-12,23H,1-2H3. The SMILES string of the molecule is Cc1cnc2c(S(=O)(=O)Nc3ccc(Sc4nncn4C)cc3)cccc2c1. The average molecular weight is 412 g/mol. The van der Waals surface area contributed by atoms with Crippen molar-refractivity contribution < 1.29 is 8.42 Å². The molecule has 2 aromatic heterocycles. The van der Waals surface area contributed by atoms with Gasteiger partial charge in [-0.05, 0) is 60.6 Å².